The van der Waals surface area contributed by atoms with Crippen LogP contribution in [0.4, 0.5) is 0 Å². The predicted octanol–water partition coefficient (Wildman–Crippen LogP) is 2.27. The zero-order chi connectivity index (χ0) is 12.8. The number of halogens is 1. The summed E-state index contributed by atoms with van der Waals surface area (Å²) < 4.78 is 0. The summed E-state index contributed by atoms with van der Waals surface area (Å²) >= 11 is 0. The van der Waals surface area contributed by atoms with Gasteiger partial charge in [0.2, 0.25) is 0 Å². The van der Waals surface area contributed by atoms with Crippen LogP contribution in [0.15, 0.2) is 23.5 Å². The van der Waals surface area contributed by atoms with Crippen molar-refractivity contribution in [2.75, 3.05) is 13.1 Å². The van der Waals surface area contributed by atoms with E-state index in [1.807, 2.05) is 12.4 Å². The Balaban J connectivity index is 0.00000180. The molecule has 0 aromatic carbocycles. The number of aromatic nitrogens is 1. The Hall–Kier alpha value is -0.850. The second-order valence-corrected chi connectivity index (χ2v) is 4.73. The highest BCUT2D eigenvalue weighted by molar-refractivity contribution is 14.0. The van der Waals surface area contributed by atoms with E-state index in [-0.39, 0.29) is 24.0 Å². The lowest BCUT2D eigenvalue weighted by Gasteiger charge is -2.10. The van der Waals surface area contributed by atoms with Crippen LogP contribution in [0.5, 0.6) is 0 Å². The number of aryl methyl sites for hydroxylation is 1. The predicted molar refractivity (Wildman–Crippen MR) is 90.2 cm³/mol. The Morgan fingerprint density at radius 2 is 2.26 bits per heavy atom. The molecule has 0 bridgehead atoms. The molecule has 0 spiro atoms. The van der Waals surface area contributed by atoms with Gasteiger partial charge in [0.15, 0.2) is 5.96 Å². The SMILES string of the molecule is CCNC(=NCCc1ccncc1C)NC1CC1.I. The van der Waals surface area contributed by atoms with Crippen LogP contribution in [0, 0.1) is 6.92 Å². The van der Waals surface area contributed by atoms with E-state index in [0.717, 1.165) is 25.5 Å². The van der Waals surface area contributed by atoms with E-state index >= 15 is 0 Å². The molecule has 0 atom stereocenters. The van der Waals surface area contributed by atoms with E-state index in [1.54, 1.807) is 0 Å². The Morgan fingerprint density at radius 1 is 1.47 bits per heavy atom. The van der Waals surface area contributed by atoms with Crippen LogP contribution < -0.4 is 10.6 Å². The van der Waals surface area contributed by atoms with Gasteiger partial charge in [-0.05, 0) is 50.3 Å². The fraction of sp³-hybridized carbons (Fsp3) is 0.571. The topological polar surface area (TPSA) is 49.3 Å². The smallest absolute Gasteiger partial charge is 0.191 e. The molecule has 1 heterocycles. The highest BCUT2D eigenvalue weighted by Crippen LogP contribution is 2.18. The molecule has 5 heteroatoms. The Bertz CT molecular complexity index is 416. The third-order valence-corrected chi connectivity index (χ3v) is 3.05. The van der Waals surface area contributed by atoms with E-state index in [4.69, 9.17) is 0 Å². The van der Waals surface area contributed by atoms with E-state index < -0.39 is 0 Å². The summed E-state index contributed by atoms with van der Waals surface area (Å²) in [5.41, 5.74) is 2.57. The summed E-state index contributed by atoms with van der Waals surface area (Å²) in [7, 11) is 0. The lowest BCUT2D eigenvalue weighted by Crippen LogP contribution is -2.38. The molecule has 0 aliphatic heterocycles. The average Bonchev–Trinajstić information content (AvgIpc) is 3.16. The second kappa shape index (κ2) is 8.35. The number of nitrogens with one attached hydrogen (secondary N) is 2. The molecule has 1 aliphatic carbocycles. The molecule has 106 valence electrons. The van der Waals surface area contributed by atoms with Crippen molar-refractivity contribution in [2.45, 2.75) is 39.2 Å². The molecule has 4 nitrogen and oxygen atoms in total. The highest BCUT2D eigenvalue weighted by Gasteiger charge is 2.21. The lowest BCUT2D eigenvalue weighted by molar-refractivity contribution is 0.807. The number of guanidine groups is 1. The largest absolute Gasteiger partial charge is 0.357 e. The molecule has 0 unspecified atom stereocenters. The molecular formula is C14H23IN4. The minimum Gasteiger partial charge on any atom is -0.357 e. The summed E-state index contributed by atoms with van der Waals surface area (Å²) in [4.78, 5) is 8.71. The number of hydrogen-bond acceptors (Lipinski definition) is 2. The van der Waals surface area contributed by atoms with Gasteiger partial charge in [0.05, 0.1) is 0 Å². The van der Waals surface area contributed by atoms with Gasteiger partial charge in [0.1, 0.15) is 0 Å². The highest BCUT2D eigenvalue weighted by atomic mass is 127. The lowest BCUT2D eigenvalue weighted by atomic mass is 10.1. The maximum Gasteiger partial charge on any atom is 0.191 e. The maximum atomic E-state index is 4.60. The molecule has 0 amide bonds. The number of aliphatic imine (C=N–C) groups is 1. The van der Waals surface area contributed by atoms with Crippen LogP contribution in [0.2, 0.25) is 0 Å². The van der Waals surface area contributed by atoms with Crippen molar-refractivity contribution in [3.05, 3.63) is 29.6 Å². The van der Waals surface area contributed by atoms with E-state index in [2.05, 4.69) is 40.5 Å². The molecule has 1 aromatic heterocycles. The van der Waals surface area contributed by atoms with Gasteiger partial charge >= 0.3 is 0 Å². The first-order valence-corrected chi connectivity index (χ1v) is 6.74. The van der Waals surface area contributed by atoms with Crippen molar-refractivity contribution < 1.29 is 0 Å². The molecule has 2 N–H and O–H groups in total. The molecule has 2 rings (SSSR count). The first-order valence-electron chi connectivity index (χ1n) is 6.74. The van der Waals surface area contributed by atoms with E-state index in [0.29, 0.717) is 6.04 Å². The van der Waals surface area contributed by atoms with Crippen molar-refractivity contribution >= 4 is 29.9 Å². The van der Waals surface area contributed by atoms with Crippen molar-refractivity contribution in [1.29, 1.82) is 0 Å². The molecule has 1 saturated carbocycles. The van der Waals surface area contributed by atoms with Crippen molar-refractivity contribution in [2.24, 2.45) is 4.99 Å². The van der Waals surface area contributed by atoms with Gasteiger partial charge in [-0.15, -0.1) is 24.0 Å². The van der Waals surface area contributed by atoms with Gasteiger partial charge in [-0.25, -0.2) is 0 Å². The standard InChI is InChI=1S/C14H22N4.HI/c1-3-16-14(18-13-4-5-13)17-9-7-12-6-8-15-10-11(12)2;/h6,8,10,13H,3-5,7,9H2,1-2H3,(H2,16,17,18);1H. The van der Waals surface area contributed by atoms with Crippen LogP contribution in [0.25, 0.3) is 0 Å². The quantitative estimate of drug-likeness (QED) is 0.472. The van der Waals surface area contributed by atoms with Crippen LogP contribution >= 0.6 is 24.0 Å². The second-order valence-electron chi connectivity index (χ2n) is 4.73. The van der Waals surface area contributed by atoms with Crippen molar-refractivity contribution in [3.63, 3.8) is 0 Å². The van der Waals surface area contributed by atoms with E-state index in [1.165, 1.54) is 24.0 Å². The van der Waals surface area contributed by atoms with Crippen molar-refractivity contribution in [3.8, 4) is 0 Å². The minimum atomic E-state index is 0. The van der Waals surface area contributed by atoms with Crippen molar-refractivity contribution in [1.82, 2.24) is 15.6 Å². The minimum absolute atomic E-state index is 0. The van der Waals surface area contributed by atoms with Crippen LogP contribution in [0.1, 0.15) is 30.9 Å². The van der Waals surface area contributed by atoms with Crippen LogP contribution in [-0.2, 0) is 6.42 Å². The monoisotopic (exact) mass is 374 g/mol. The normalized spacial score (nSPS) is 14.7. The molecule has 0 saturated heterocycles. The average molecular weight is 374 g/mol. The zero-order valence-electron chi connectivity index (χ0n) is 11.6. The summed E-state index contributed by atoms with van der Waals surface area (Å²) in [6.07, 6.45) is 7.27. The van der Waals surface area contributed by atoms with Gasteiger partial charge in [-0.2, -0.15) is 0 Å². The number of rotatable bonds is 5. The van der Waals surface area contributed by atoms with Crippen LogP contribution in [0.3, 0.4) is 0 Å². The fourth-order valence-electron chi connectivity index (χ4n) is 1.81. The third-order valence-electron chi connectivity index (χ3n) is 3.05. The third kappa shape index (κ3) is 5.76. The molecule has 1 aliphatic rings. The van der Waals surface area contributed by atoms with Gasteiger partial charge in [-0.3, -0.25) is 9.98 Å². The van der Waals surface area contributed by atoms with Gasteiger partial charge in [-0.1, -0.05) is 0 Å². The molecule has 0 radical (unpaired) electrons. The van der Waals surface area contributed by atoms with Gasteiger partial charge < -0.3 is 10.6 Å². The zero-order valence-corrected chi connectivity index (χ0v) is 14.0. The Labute approximate surface area is 132 Å². The summed E-state index contributed by atoms with van der Waals surface area (Å²) in [5.74, 6) is 0.951. The van der Waals surface area contributed by atoms with Gasteiger partial charge in [0, 0.05) is 31.5 Å². The summed E-state index contributed by atoms with van der Waals surface area (Å²) in [5, 5.41) is 6.70. The maximum absolute atomic E-state index is 4.60. The van der Waals surface area contributed by atoms with E-state index in [9.17, 15) is 0 Å². The Kier molecular flexibility index (Phi) is 7.12. The molecule has 1 fully saturated rings. The van der Waals surface area contributed by atoms with Gasteiger partial charge in [0.25, 0.3) is 0 Å². The summed E-state index contributed by atoms with van der Waals surface area (Å²) in [6, 6.07) is 2.72. The first kappa shape index (κ1) is 16.2. The number of pyridine rings is 1. The number of hydrogen-bond donors (Lipinski definition) is 2. The molecular weight excluding hydrogens is 351 g/mol. The fourth-order valence-corrected chi connectivity index (χ4v) is 1.81. The molecule has 19 heavy (non-hydrogen) atoms. The number of nitrogens with zero attached hydrogens (tertiary/aromatic N) is 2. The molecule has 1 aromatic rings. The Morgan fingerprint density at radius 3 is 2.89 bits per heavy atom. The summed E-state index contributed by atoms with van der Waals surface area (Å²) in [6.45, 7) is 5.91. The first-order chi connectivity index (χ1) is 8.79. The van der Waals surface area contributed by atoms with Crippen LogP contribution in [-0.4, -0.2) is 30.1 Å².